The predicted molar refractivity (Wildman–Crippen MR) is 73.6 cm³/mol. The van der Waals surface area contributed by atoms with Crippen molar-refractivity contribution in [2.24, 2.45) is 17.3 Å². The molecule has 116 valence electrons. The number of fused-ring (bicyclic) bond motifs is 2. The number of aliphatic hydroxyl groups is 1. The molecule has 0 radical (unpaired) electrons. The number of hydrogen-bond donors (Lipinski definition) is 4. The summed E-state index contributed by atoms with van der Waals surface area (Å²) < 4.78 is 0. The van der Waals surface area contributed by atoms with Crippen LogP contribution in [0.2, 0.25) is 0 Å². The maximum atomic E-state index is 12.1. The summed E-state index contributed by atoms with van der Waals surface area (Å²) in [4.78, 5) is 23.1. The van der Waals surface area contributed by atoms with Crippen LogP contribution in [0.25, 0.3) is 0 Å². The van der Waals surface area contributed by atoms with Gasteiger partial charge in [-0.1, -0.05) is 0 Å². The van der Waals surface area contributed by atoms with Gasteiger partial charge in [0.05, 0.1) is 11.5 Å². The van der Waals surface area contributed by atoms with Crippen LogP contribution < -0.4 is 10.6 Å². The monoisotopic (exact) mass is 294 g/mol. The van der Waals surface area contributed by atoms with Crippen LogP contribution >= 0.6 is 0 Å². The minimum atomic E-state index is -0.732. The van der Waals surface area contributed by atoms with Gasteiger partial charge >= 0.3 is 12.0 Å². The third-order valence-corrected chi connectivity index (χ3v) is 6.25. The number of hydrogen-bond acceptors (Lipinski definition) is 3. The quantitative estimate of drug-likeness (QED) is 0.620. The molecule has 2 unspecified atom stereocenters. The number of carboxylic acid groups (broad SMARTS) is 1. The van der Waals surface area contributed by atoms with E-state index >= 15 is 0 Å². The number of carbonyl (C=O) groups is 2. The second-order valence-corrected chi connectivity index (χ2v) is 7.75. The molecule has 5 aliphatic rings. The molecule has 0 aromatic carbocycles. The summed E-state index contributed by atoms with van der Waals surface area (Å²) in [5.41, 5.74) is -0.822. The Kier molecular flexibility index (Phi) is 2.62. The van der Waals surface area contributed by atoms with Crippen molar-refractivity contribution >= 4 is 12.0 Å². The molecule has 0 saturated heterocycles. The molecular formula is C15H22N2O4. The van der Waals surface area contributed by atoms with Crippen LogP contribution in [0.15, 0.2) is 0 Å². The van der Waals surface area contributed by atoms with Crippen molar-refractivity contribution < 1.29 is 19.8 Å². The minimum absolute atomic E-state index is 0.145. The molecule has 5 rings (SSSR count). The minimum Gasteiger partial charge on any atom is -0.481 e. The van der Waals surface area contributed by atoms with E-state index in [0.29, 0.717) is 31.1 Å². The summed E-state index contributed by atoms with van der Waals surface area (Å²) in [6, 6.07) is -0.0267. The Hall–Kier alpha value is -1.30. The van der Waals surface area contributed by atoms with Gasteiger partial charge in [-0.15, -0.1) is 0 Å². The van der Waals surface area contributed by atoms with E-state index in [1.807, 2.05) is 0 Å². The number of aliphatic carboxylic acids is 1. The summed E-state index contributed by atoms with van der Waals surface area (Å²) in [6.07, 6.45) is 5.37. The molecule has 0 aromatic heterocycles. The Morgan fingerprint density at radius 2 is 1.62 bits per heavy atom. The highest BCUT2D eigenvalue weighted by Gasteiger charge is 2.72. The van der Waals surface area contributed by atoms with Gasteiger partial charge in [0.15, 0.2) is 0 Å². The zero-order chi connectivity index (χ0) is 14.8. The van der Waals surface area contributed by atoms with Crippen LogP contribution in [0.5, 0.6) is 0 Å². The average molecular weight is 294 g/mol. The zero-order valence-electron chi connectivity index (χ0n) is 12.0. The highest BCUT2D eigenvalue weighted by molar-refractivity contribution is 5.83. The molecule has 6 nitrogen and oxygen atoms in total. The Bertz CT molecular complexity index is 472. The standard InChI is InChI=1S/C15H22N2O4/c18-11-8-1-2-9(11)4-10(3-8)16-13(21)17-15-5-14(6-15,7-15)12(19)20/h8-11,18H,1-7H2,(H,19,20)(H2,16,17,21)/t8-,9+,10?,11?,14?,15?. The van der Waals surface area contributed by atoms with Crippen LogP contribution in [0, 0.1) is 17.3 Å². The van der Waals surface area contributed by atoms with Crippen LogP contribution in [-0.2, 0) is 4.79 Å². The summed E-state index contributed by atoms with van der Waals surface area (Å²) in [5.74, 6) is -0.0667. The van der Waals surface area contributed by atoms with Crippen molar-refractivity contribution in [2.75, 3.05) is 0 Å². The van der Waals surface area contributed by atoms with Crippen molar-refractivity contribution in [2.45, 2.75) is 62.6 Å². The lowest BCUT2D eigenvalue weighted by molar-refractivity contribution is -0.196. The molecule has 2 amide bonds. The number of carbonyl (C=O) groups excluding carboxylic acids is 1. The van der Waals surface area contributed by atoms with Crippen LogP contribution in [0.3, 0.4) is 0 Å². The summed E-state index contributed by atoms with van der Waals surface area (Å²) in [6.45, 7) is 0. The SMILES string of the molecule is O=C(NC1C[C@H]2CC[C@@H](C1)C2O)NC12CC(C(=O)O)(C1)C2. The van der Waals surface area contributed by atoms with E-state index in [4.69, 9.17) is 5.11 Å². The van der Waals surface area contributed by atoms with E-state index in [1.165, 1.54) is 0 Å². The van der Waals surface area contributed by atoms with Gasteiger partial charge in [0.2, 0.25) is 0 Å². The molecule has 6 heteroatoms. The maximum Gasteiger partial charge on any atom is 0.315 e. The third-order valence-electron chi connectivity index (χ3n) is 6.25. The van der Waals surface area contributed by atoms with E-state index in [1.54, 1.807) is 0 Å². The molecule has 0 spiro atoms. The molecule has 5 fully saturated rings. The van der Waals surface area contributed by atoms with Gasteiger partial charge in [0.25, 0.3) is 0 Å². The molecule has 5 saturated carbocycles. The summed E-state index contributed by atoms with van der Waals surface area (Å²) in [5, 5.41) is 25.1. The molecule has 4 N–H and O–H groups in total. The molecular weight excluding hydrogens is 272 g/mol. The number of rotatable bonds is 3. The van der Waals surface area contributed by atoms with Crippen LogP contribution in [-0.4, -0.2) is 39.9 Å². The number of urea groups is 1. The lowest BCUT2D eigenvalue weighted by Crippen LogP contribution is -2.77. The predicted octanol–water partition coefficient (Wildman–Crippen LogP) is 0.842. The molecule has 0 heterocycles. The Labute approximate surface area is 123 Å². The number of amides is 2. The van der Waals surface area contributed by atoms with Crippen molar-refractivity contribution in [1.82, 2.24) is 10.6 Å². The average Bonchev–Trinajstić information content (AvgIpc) is 2.56. The fraction of sp³-hybridized carbons (Fsp3) is 0.867. The normalized spacial score (nSPS) is 49.8. The van der Waals surface area contributed by atoms with Crippen LogP contribution in [0.4, 0.5) is 4.79 Å². The molecule has 0 aromatic rings. The van der Waals surface area contributed by atoms with Crippen molar-refractivity contribution in [3.05, 3.63) is 0 Å². The Morgan fingerprint density at radius 3 is 2.14 bits per heavy atom. The third kappa shape index (κ3) is 1.88. The largest absolute Gasteiger partial charge is 0.481 e. The first-order valence-corrected chi connectivity index (χ1v) is 7.92. The van der Waals surface area contributed by atoms with Crippen molar-refractivity contribution in [3.63, 3.8) is 0 Å². The summed E-state index contributed by atoms with van der Waals surface area (Å²) >= 11 is 0. The number of carboxylic acids is 1. The molecule has 4 bridgehead atoms. The Morgan fingerprint density at radius 1 is 1.05 bits per heavy atom. The lowest BCUT2D eigenvalue weighted by atomic mass is 9.39. The van der Waals surface area contributed by atoms with E-state index in [0.717, 1.165) is 25.7 Å². The first kappa shape index (κ1) is 13.4. The van der Waals surface area contributed by atoms with E-state index < -0.39 is 11.4 Å². The first-order chi connectivity index (χ1) is 9.91. The van der Waals surface area contributed by atoms with Gasteiger partial charge in [0.1, 0.15) is 0 Å². The molecule has 0 aliphatic heterocycles. The van der Waals surface area contributed by atoms with Gasteiger partial charge in [-0.3, -0.25) is 4.79 Å². The van der Waals surface area contributed by atoms with Crippen molar-refractivity contribution in [3.8, 4) is 0 Å². The second kappa shape index (κ2) is 4.12. The van der Waals surface area contributed by atoms with Gasteiger partial charge in [-0.05, 0) is 56.8 Å². The van der Waals surface area contributed by atoms with E-state index in [9.17, 15) is 14.7 Å². The molecule has 5 aliphatic carbocycles. The van der Waals surface area contributed by atoms with Gasteiger partial charge in [0, 0.05) is 11.6 Å². The number of aliphatic hydroxyl groups excluding tert-OH is 1. The highest BCUT2D eigenvalue weighted by atomic mass is 16.4. The lowest BCUT2D eigenvalue weighted by Gasteiger charge is -2.67. The first-order valence-electron chi connectivity index (χ1n) is 7.92. The zero-order valence-corrected chi connectivity index (χ0v) is 12.0. The summed E-state index contributed by atoms with van der Waals surface area (Å²) in [7, 11) is 0. The Balaban J connectivity index is 1.28. The fourth-order valence-corrected chi connectivity index (χ4v) is 5.22. The van der Waals surface area contributed by atoms with Crippen molar-refractivity contribution in [1.29, 1.82) is 0 Å². The van der Waals surface area contributed by atoms with Gasteiger partial charge in [-0.25, -0.2) is 4.79 Å². The smallest absolute Gasteiger partial charge is 0.315 e. The van der Waals surface area contributed by atoms with E-state index in [2.05, 4.69) is 10.6 Å². The van der Waals surface area contributed by atoms with Crippen LogP contribution in [0.1, 0.15) is 44.9 Å². The number of nitrogens with one attached hydrogen (secondary N) is 2. The fourth-order valence-electron chi connectivity index (χ4n) is 5.22. The van der Waals surface area contributed by atoms with Gasteiger partial charge < -0.3 is 20.8 Å². The highest BCUT2D eigenvalue weighted by Crippen LogP contribution is 2.67. The van der Waals surface area contributed by atoms with Gasteiger partial charge in [-0.2, -0.15) is 0 Å². The topological polar surface area (TPSA) is 98.7 Å². The molecule has 21 heavy (non-hydrogen) atoms. The maximum absolute atomic E-state index is 12.1. The molecule has 4 atom stereocenters. The second-order valence-electron chi connectivity index (χ2n) is 7.75. The van der Waals surface area contributed by atoms with E-state index in [-0.39, 0.29) is 23.7 Å².